The van der Waals surface area contributed by atoms with E-state index in [9.17, 15) is 14.4 Å². The molecule has 6 nitrogen and oxygen atoms in total. The first-order chi connectivity index (χ1) is 15.6. The van der Waals surface area contributed by atoms with Gasteiger partial charge in [-0.1, -0.05) is 6.07 Å². The van der Waals surface area contributed by atoms with Crippen LogP contribution in [-0.2, 0) is 0 Å². The van der Waals surface area contributed by atoms with Crippen LogP contribution in [0.15, 0.2) is 30.3 Å². The molecule has 3 aliphatic heterocycles. The van der Waals surface area contributed by atoms with Gasteiger partial charge in [-0.3, -0.25) is 14.4 Å². The molecule has 1 amide bonds. The van der Waals surface area contributed by atoms with E-state index in [0.29, 0.717) is 60.5 Å². The van der Waals surface area contributed by atoms with E-state index in [2.05, 4.69) is 0 Å². The zero-order valence-electron chi connectivity index (χ0n) is 19.6. The van der Waals surface area contributed by atoms with Crippen molar-refractivity contribution in [3.63, 3.8) is 0 Å². The highest BCUT2D eigenvalue weighted by atomic mass is 16.5. The Labute approximate surface area is 193 Å². The lowest BCUT2D eigenvalue weighted by Crippen LogP contribution is -2.52. The minimum absolute atomic E-state index is 0.00746. The fourth-order valence-electron chi connectivity index (χ4n) is 5.15. The summed E-state index contributed by atoms with van der Waals surface area (Å²) in [6, 6.07) is 8.92. The standard InChI is InChI=1S/C27H29NO5/c1-16-5-7-19-22(30)15-27(33-24(19)17(16)2)9-11-28(12-10-27)25(31)18-6-8-23-20(13-18)21(29)14-26(3,4)32-23/h5-8,13H,9-12,14-15H2,1-4H3. The Bertz CT molecular complexity index is 1190. The van der Waals surface area contributed by atoms with Crippen LogP contribution in [0.5, 0.6) is 11.5 Å². The van der Waals surface area contributed by atoms with Gasteiger partial charge in [0.25, 0.3) is 5.91 Å². The highest BCUT2D eigenvalue weighted by Gasteiger charge is 2.44. The summed E-state index contributed by atoms with van der Waals surface area (Å²) in [4.78, 5) is 40.5. The van der Waals surface area contributed by atoms with Crippen LogP contribution in [0.3, 0.4) is 0 Å². The van der Waals surface area contributed by atoms with Crippen LogP contribution in [0.4, 0.5) is 0 Å². The van der Waals surface area contributed by atoms with E-state index in [0.717, 1.165) is 11.1 Å². The highest BCUT2D eigenvalue weighted by Crippen LogP contribution is 2.42. The molecular weight excluding hydrogens is 418 g/mol. The topological polar surface area (TPSA) is 72.9 Å². The van der Waals surface area contributed by atoms with Crippen molar-refractivity contribution in [2.75, 3.05) is 13.1 Å². The zero-order valence-corrected chi connectivity index (χ0v) is 19.6. The lowest BCUT2D eigenvalue weighted by molar-refractivity contribution is -0.00620. The summed E-state index contributed by atoms with van der Waals surface area (Å²) in [5.41, 5.74) is 2.61. The summed E-state index contributed by atoms with van der Waals surface area (Å²) in [5, 5.41) is 0. The SMILES string of the molecule is Cc1ccc2c(c1C)OC1(CCN(C(=O)c3ccc4c(c3)C(=O)CC(C)(C)O4)CC1)CC2=O. The quantitative estimate of drug-likeness (QED) is 0.634. The number of piperidine rings is 1. The van der Waals surface area contributed by atoms with E-state index in [1.165, 1.54) is 0 Å². The summed E-state index contributed by atoms with van der Waals surface area (Å²) in [7, 11) is 0. The minimum atomic E-state index is -0.565. The van der Waals surface area contributed by atoms with Gasteiger partial charge in [0.1, 0.15) is 22.7 Å². The molecule has 1 saturated heterocycles. The van der Waals surface area contributed by atoms with Crippen LogP contribution in [0.1, 0.15) is 81.7 Å². The van der Waals surface area contributed by atoms with Gasteiger partial charge in [-0.05, 0) is 63.1 Å². The fourth-order valence-corrected chi connectivity index (χ4v) is 5.15. The molecule has 0 bridgehead atoms. The van der Waals surface area contributed by atoms with E-state index in [1.54, 1.807) is 23.1 Å². The largest absolute Gasteiger partial charge is 0.487 e. The fraction of sp³-hybridized carbons (Fsp3) is 0.444. The number of rotatable bonds is 1. The zero-order chi connectivity index (χ0) is 23.5. The number of nitrogens with zero attached hydrogens (tertiary/aromatic N) is 1. The van der Waals surface area contributed by atoms with Crippen molar-refractivity contribution in [3.05, 3.63) is 58.1 Å². The molecular formula is C27H29NO5. The summed E-state index contributed by atoms with van der Waals surface area (Å²) in [6.45, 7) is 8.77. The number of hydrogen-bond acceptors (Lipinski definition) is 5. The van der Waals surface area contributed by atoms with Crippen molar-refractivity contribution in [1.29, 1.82) is 0 Å². The van der Waals surface area contributed by atoms with Crippen LogP contribution < -0.4 is 9.47 Å². The molecule has 0 unspecified atom stereocenters. The van der Waals surface area contributed by atoms with E-state index in [-0.39, 0.29) is 23.9 Å². The van der Waals surface area contributed by atoms with Crippen LogP contribution in [0, 0.1) is 13.8 Å². The van der Waals surface area contributed by atoms with Crippen LogP contribution >= 0.6 is 0 Å². The number of ether oxygens (including phenoxy) is 2. The molecule has 5 rings (SSSR count). The second kappa shape index (κ2) is 7.44. The molecule has 33 heavy (non-hydrogen) atoms. The predicted molar refractivity (Wildman–Crippen MR) is 123 cm³/mol. The van der Waals surface area contributed by atoms with Crippen molar-refractivity contribution in [1.82, 2.24) is 4.90 Å². The molecule has 0 aliphatic carbocycles. The summed E-state index contributed by atoms with van der Waals surface area (Å²) in [5.74, 6) is 1.22. The molecule has 1 fully saturated rings. The molecule has 2 aromatic carbocycles. The van der Waals surface area contributed by atoms with Gasteiger partial charge in [0, 0.05) is 31.5 Å². The third kappa shape index (κ3) is 3.71. The van der Waals surface area contributed by atoms with Gasteiger partial charge >= 0.3 is 0 Å². The number of likely N-dealkylation sites (tertiary alicyclic amines) is 1. The number of amides is 1. The number of hydrogen-bond donors (Lipinski definition) is 0. The third-order valence-electron chi connectivity index (χ3n) is 7.24. The first-order valence-electron chi connectivity index (χ1n) is 11.6. The lowest BCUT2D eigenvalue weighted by atomic mass is 9.81. The highest BCUT2D eigenvalue weighted by molar-refractivity contribution is 6.04. The summed E-state index contributed by atoms with van der Waals surface area (Å²) >= 11 is 0. The summed E-state index contributed by atoms with van der Waals surface area (Å²) in [6.07, 6.45) is 1.82. The van der Waals surface area contributed by atoms with Gasteiger partial charge in [-0.25, -0.2) is 0 Å². The molecule has 3 aliphatic rings. The van der Waals surface area contributed by atoms with Crippen molar-refractivity contribution in [2.45, 2.75) is 64.6 Å². The molecule has 0 saturated carbocycles. The van der Waals surface area contributed by atoms with Crippen molar-refractivity contribution in [2.24, 2.45) is 0 Å². The monoisotopic (exact) mass is 447 g/mol. The molecule has 0 aromatic heterocycles. The Morgan fingerprint density at radius 3 is 2.33 bits per heavy atom. The number of Topliss-reactive ketones (excluding diaryl/α,β-unsaturated/α-hetero) is 2. The molecule has 6 heteroatoms. The van der Waals surface area contributed by atoms with Gasteiger partial charge in [-0.15, -0.1) is 0 Å². The normalized spacial score (nSPS) is 20.5. The van der Waals surface area contributed by atoms with E-state index < -0.39 is 11.2 Å². The molecule has 3 heterocycles. The van der Waals surface area contributed by atoms with E-state index in [4.69, 9.17) is 9.47 Å². The summed E-state index contributed by atoms with van der Waals surface area (Å²) < 4.78 is 12.4. The maximum absolute atomic E-state index is 13.2. The van der Waals surface area contributed by atoms with E-state index in [1.807, 2.05) is 39.8 Å². The molecule has 2 aromatic rings. The van der Waals surface area contributed by atoms with Crippen molar-refractivity contribution >= 4 is 17.5 Å². The number of carbonyl (C=O) groups is 3. The van der Waals surface area contributed by atoms with Crippen LogP contribution in [0.25, 0.3) is 0 Å². The van der Waals surface area contributed by atoms with Gasteiger partial charge in [0.05, 0.1) is 24.0 Å². The molecule has 0 atom stereocenters. The van der Waals surface area contributed by atoms with Crippen LogP contribution in [0.2, 0.25) is 0 Å². The van der Waals surface area contributed by atoms with Gasteiger partial charge in [0.2, 0.25) is 0 Å². The maximum atomic E-state index is 13.2. The first-order valence-corrected chi connectivity index (χ1v) is 11.6. The smallest absolute Gasteiger partial charge is 0.253 e. The predicted octanol–water partition coefficient (Wildman–Crippen LogP) is 4.69. The van der Waals surface area contributed by atoms with Crippen molar-refractivity contribution < 1.29 is 23.9 Å². The number of ketones is 2. The Kier molecular flexibility index (Phi) is 4.89. The molecule has 0 radical (unpaired) electrons. The average Bonchev–Trinajstić information content (AvgIpc) is 2.76. The lowest BCUT2D eigenvalue weighted by Gasteiger charge is -2.44. The molecule has 172 valence electrons. The minimum Gasteiger partial charge on any atom is -0.487 e. The number of benzene rings is 2. The average molecular weight is 448 g/mol. The molecule has 1 spiro atoms. The van der Waals surface area contributed by atoms with Crippen LogP contribution in [-0.4, -0.2) is 46.7 Å². The Morgan fingerprint density at radius 2 is 1.61 bits per heavy atom. The maximum Gasteiger partial charge on any atom is 0.253 e. The van der Waals surface area contributed by atoms with Gasteiger partial charge < -0.3 is 14.4 Å². The van der Waals surface area contributed by atoms with Gasteiger partial charge in [-0.2, -0.15) is 0 Å². The van der Waals surface area contributed by atoms with E-state index >= 15 is 0 Å². The Hall–Kier alpha value is -3.15. The number of fused-ring (bicyclic) bond motifs is 2. The third-order valence-corrected chi connectivity index (χ3v) is 7.24. The second-order valence-electron chi connectivity index (χ2n) is 10.2. The second-order valence-corrected chi connectivity index (χ2v) is 10.2. The Morgan fingerprint density at radius 1 is 0.909 bits per heavy atom. The number of carbonyl (C=O) groups excluding carboxylic acids is 3. The Balaban J connectivity index is 1.32. The van der Waals surface area contributed by atoms with Gasteiger partial charge in [0.15, 0.2) is 11.6 Å². The van der Waals surface area contributed by atoms with Crippen molar-refractivity contribution in [3.8, 4) is 11.5 Å². The number of aryl methyl sites for hydroxylation is 1. The molecule has 0 N–H and O–H groups in total. The first kappa shape index (κ1) is 21.7.